The molecule has 0 unspecified atom stereocenters. The van der Waals surface area contributed by atoms with Gasteiger partial charge >= 0.3 is 0 Å². The minimum absolute atomic E-state index is 0.0344. The number of amides is 1. The van der Waals surface area contributed by atoms with Crippen LogP contribution in [0.4, 0.5) is 11.4 Å². The zero-order chi connectivity index (χ0) is 14.8. The van der Waals surface area contributed by atoms with Gasteiger partial charge in [0.1, 0.15) is 0 Å². The third kappa shape index (κ3) is 2.96. The van der Waals surface area contributed by atoms with Gasteiger partial charge in [-0.25, -0.2) is 0 Å². The maximum Gasteiger partial charge on any atom is 0.269 e. The number of nitrogens with one attached hydrogen (secondary N) is 1. The van der Waals surface area contributed by atoms with Crippen LogP contribution in [0, 0.1) is 27.9 Å². The molecular weight excluding hydrogens is 268 g/mol. The molecule has 3 rings (SSSR count). The molecule has 0 aromatic heterocycles. The molecule has 2 aliphatic rings. The number of nitro groups is 1. The number of nitro benzene ring substituents is 1. The third-order valence-corrected chi connectivity index (χ3v) is 4.48. The van der Waals surface area contributed by atoms with Crippen molar-refractivity contribution in [2.24, 2.45) is 17.8 Å². The highest BCUT2D eigenvalue weighted by molar-refractivity contribution is 5.95. The number of hydrogen-bond acceptors (Lipinski definition) is 3. The molecule has 2 aliphatic carbocycles. The summed E-state index contributed by atoms with van der Waals surface area (Å²) in [4.78, 5) is 22.5. The highest BCUT2D eigenvalue weighted by Crippen LogP contribution is 2.53. The lowest BCUT2D eigenvalue weighted by Gasteiger charge is -2.04. The Morgan fingerprint density at radius 2 is 1.67 bits per heavy atom. The Hall–Kier alpha value is -2.17. The summed E-state index contributed by atoms with van der Waals surface area (Å²) < 4.78 is 0. The van der Waals surface area contributed by atoms with Gasteiger partial charge in [-0.2, -0.15) is 0 Å². The number of anilines is 1. The lowest BCUT2D eigenvalue weighted by Crippen LogP contribution is -2.15. The standard InChI is InChI=1S/C16H18N2O3/c19-16(15-13-5-3-1-2-4-6-14(13)15)17-11-7-9-12(10-8-11)18(20)21/h1-2,7-10,13-15H,3-6H2,(H,17,19)/b2-1-/t13-,14-/m0/s1. The zero-order valence-corrected chi connectivity index (χ0v) is 11.7. The Bertz CT molecular complexity index is 564. The van der Waals surface area contributed by atoms with Crippen molar-refractivity contribution in [3.05, 3.63) is 46.5 Å². The van der Waals surface area contributed by atoms with Crippen LogP contribution in [0.3, 0.4) is 0 Å². The monoisotopic (exact) mass is 286 g/mol. The largest absolute Gasteiger partial charge is 0.326 e. The average molecular weight is 286 g/mol. The van der Waals surface area contributed by atoms with Gasteiger partial charge in [-0.1, -0.05) is 12.2 Å². The second-order valence-corrected chi connectivity index (χ2v) is 5.77. The molecule has 1 aromatic rings. The van der Waals surface area contributed by atoms with Gasteiger partial charge in [0.25, 0.3) is 5.69 Å². The van der Waals surface area contributed by atoms with E-state index in [0.717, 1.165) is 25.7 Å². The molecule has 0 heterocycles. The molecule has 1 aromatic carbocycles. The van der Waals surface area contributed by atoms with Crippen LogP contribution >= 0.6 is 0 Å². The number of fused-ring (bicyclic) bond motifs is 1. The predicted octanol–water partition coefficient (Wildman–Crippen LogP) is 3.53. The molecule has 5 heteroatoms. The quantitative estimate of drug-likeness (QED) is 0.525. The van der Waals surface area contributed by atoms with Gasteiger partial charge in [0.05, 0.1) is 4.92 Å². The minimum atomic E-state index is -0.443. The second kappa shape index (κ2) is 5.68. The fraction of sp³-hybridized carbons (Fsp3) is 0.438. The Morgan fingerprint density at radius 1 is 1.10 bits per heavy atom. The second-order valence-electron chi connectivity index (χ2n) is 5.77. The molecular formula is C16H18N2O3. The summed E-state index contributed by atoms with van der Waals surface area (Å²) in [5.74, 6) is 1.18. The fourth-order valence-electron chi connectivity index (χ4n) is 3.33. The first-order valence-electron chi connectivity index (χ1n) is 7.37. The first-order chi connectivity index (χ1) is 10.2. The lowest BCUT2D eigenvalue weighted by molar-refractivity contribution is -0.384. The van der Waals surface area contributed by atoms with Crippen LogP contribution in [0.15, 0.2) is 36.4 Å². The molecule has 1 fully saturated rings. The number of carbonyl (C=O) groups excluding carboxylic acids is 1. The molecule has 0 aliphatic heterocycles. The topological polar surface area (TPSA) is 72.2 Å². The molecule has 2 atom stereocenters. The van der Waals surface area contributed by atoms with E-state index in [-0.39, 0.29) is 17.5 Å². The van der Waals surface area contributed by atoms with Crippen molar-refractivity contribution in [3.63, 3.8) is 0 Å². The molecule has 21 heavy (non-hydrogen) atoms. The van der Waals surface area contributed by atoms with E-state index in [1.165, 1.54) is 12.1 Å². The molecule has 0 bridgehead atoms. The van der Waals surface area contributed by atoms with E-state index in [2.05, 4.69) is 17.5 Å². The number of allylic oxidation sites excluding steroid dienone is 2. The Morgan fingerprint density at radius 3 is 2.19 bits per heavy atom. The number of nitrogens with zero attached hydrogens (tertiary/aromatic N) is 1. The first-order valence-corrected chi connectivity index (χ1v) is 7.37. The van der Waals surface area contributed by atoms with E-state index in [9.17, 15) is 14.9 Å². The van der Waals surface area contributed by atoms with Gasteiger partial charge < -0.3 is 5.32 Å². The summed E-state index contributed by atoms with van der Waals surface area (Å²) in [5, 5.41) is 13.5. The van der Waals surface area contributed by atoms with Crippen molar-refractivity contribution >= 4 is 17.3 Å². The summed E-state index contributed by atoms with van der Waals surface area (Å²) in [7, 11) is 0. The van der Waals surface area contributed by atoms with E-state index < -0.39 is 4.92 Å². The molecule has 110 valence electrons. The zero-order valence-electron chi connectivity index (χ0n) is 11.7. The predicted molar refractivity (Wildman–Crippen MR) is 79.8 cm³/mol. The normalized spacial score (nSPS) is 28.7. The van der Waals surface area contributed by atoms with Crippen LogP contribution in [0.1, 0.15) is 25.7 Å². The van der Waals surface area contributed by atoms with Crippen LogP contribution in [-0.4, -0.2) is 10.8 Å². The van der Waals surface area contributed by atoms with Crippen molar-refractivity contribution in [2.45, 2.75) is 25.7 Å². The van der Waals surface area contributed by atoms with Crippen LogP contribution in [0.5, 0.6) is 0 Å². The summed E-state index contributed by atoms with van der Waals surface area (Å²) in [5.41, 5.74) is 0.662. The molecule has 0 spiro atoms. The van der Waals surface area contributed by atoms with Gasteiger partial charge in [0, 0.05) is 23.7 Å². The summed E-state index contributed by atoms with van der Waals surface area (Å²) in [6, 6.07) is 6.00. The van der Waals surface area contributed by atoms with Crippen molar-refractivity contribution < 1.29 is 9.72 Å². The van der Waals surface area contributed by atoms with Crippen molar-refractivity contribution in [2.75, 3.05) is 5.32 Å². The van der Waals surface area contributed by atoms with Gasteiger partial charge in [-0.3, -0.25) is 14.9 Å². The van der Waals surface area contributed by atoms with Gasteiger partial charge in [-0.05, 0) is 49.7 Å². The minimum Gasteiger partial charge on any atom is -0.326 e. The van der Waals surface area contributed by atoms with Gasteiger partial charge in [0.15, 0.2) is 0 Å². The molecule has 0 radical (unpaired) electrons. The SMILES string of the molecule is O=C(Nc1ccc([N+](=O)[O-])cc1)C1[C@H]2CC/C=C\CC[C@H]12. The summed E-state index contributed by atoms with van der Waals surface area (Å²) in [6.07, 6.45) is 8.70. The van der Waals surface area contributed by atoms with Crippen LogP contribution in [-0.2, 0) is 4.79 Å². The van der Waals surface area contributed by atoms with E-state index in [1.807, 2.05) is 0 Å². The van der Waals surface area contributed by atoms with Gasteiger partial charge in [0.2, 0.25) is 5.91 Å². The average Bonchev–Trinajstić information content (AvgIpc) is 3.10. The maximum atomic E-state index is 12.3. The van der Waals surface area contributed by atoms with E-state index in [1.54, 1.807) is 12.1 Å². The lowest BCUT2D eigenvalue weighted by atomic mass is 10.1. The maximum absolute atomic E-state index is 12.3. The number of non-ortho nitro benzene ring substituents is 1. The molecule has 5 nitrogen and oxygen atoms in total. The first kappa shape index (κ1) is 13.8. The Balaban J connectivity index is 1.61. The van der Waals surface area contributed by atoms with Crippen molar-refractivity contribution in [1.82, 2.24) is 0 Å². The number of hydrogen-bond donors (Lipinski definition) is 1. The number of benzene rings is 1. The Labute approximate surface area is 123 Å². The van der Waals surface area contributed by atoms with E-state index in [4.69, 9.17) is 0 Å². The Kier molecular flexibility index (Phi) is 3.73. The molecule has 1 amide bonds. The fourth-order valence-corrected chi connectivity index (χ4v) is 3.33. The van der Waals surface area contributed by atoms with E-state index in [0.29, 0.717) is 17.5 Å². The summed E-state index contributed by atoms with van der Waals surface area (Å²) >= 11 is 0. The summed E-state index contributed by atoms with van der Waals surface area (Å²) in [6.45, 7) is 0. The smallest absolute Gasteiger partial charge is 0.269 e. The highest BCUT2D eigenvalue weighted by atomic mass is 16.6. The molecule has 0 saturated heterocycles. The van der Waals surface area contributed by atoms with Crippen LogP contribution in [0.2, 0.25) is 0 Å². The van der Waals surface area contributed by atoms with Gasteiger partial charge in [-0.15, -0.1) is 0 Å². The third-order valence-electron chi connectivity index (χ3n) is 4.48. The van der Waals surface area contributed by atoms with Crippen LogP contribution < -0.4 is 5.32 Å². The van der Waals surface area contributed by atoms with Crippen molar-refractivity contribution in [1.29, 1.82) is 0 Å². The number of rotatable bonds is 3. The van der Waals surface area contributed by atoms with E-state index >= 15 is 0 Å². The molecule has 1 saturated carbocycles. The highest BCUT2D eigenvalue weighted by Gasteiger charge is 2.53. The van der Waals surface area contributed by atoms with Crippen molar-refractivity contribution in [3.8, 4) is 0 Å². The number of carbonyl (C=O) groups is 1. The molecule has 1 N–H and O–H groups in total. The van der Waals surface area contributed by atoms with Crippen LogP contribution in [0.25, 0.3) is 0 Å².